The van der Waals surface area contributed by atoms with Crippen LogP contribution in [0.15, 0.2) is 41.3 Å². The van der Waals surface area contributed by atoms with Gasteiger partial charge in [0.25, 0.3) is 0 Å². The second-order valence-corrected chi connectivity index (χ2v) is 6.40. The van der Waals surface area contributed by atoms with E-state index in [0.29, 0.717) is 11.5 Å². The number of methoxy groups -OCH3 is 2. The Morgan fingerprint density at radius 3 is 1.77 bits per heavy atom. The monoisotopic (exact) mass is 322 g/mol. The summed E-state index contributed by atoms with van der Waals surface area (Å²) in [5.41, 5.74) is 1.83. The highest BCUT2D eigenvalue weighted by Gasteiger charge is 2.22. The van der Waals surface area contributed by atoms with Gasteiger partial charge in [0.05, 0.1) is 14.2 Å². The van der Waals surface area contributed by atoms with E-state index in [9.17, 15) is 8.42 Å². The van der Waals surface area contributed by atoms with Crippen molar-refractivity contribution in [1.29, 1.82) is 0 Å². The van der Waals surface area contributed by atoms with E-state index in [4.69, 9.17) is 13.7 Å². The Morgan fingerprint density at radius 1 is 0.818 bits per heavy atom. The van der Waals surface area contributed by atoms with E-state index in [2.05, 4.69) is 0 Å². The van der Waals surface area contributed by atoms with Crippen molar-refractivity contribution in [2.75, 3.05) is 14.2 Å². The summed E-state index contributed by atoms with van der Waals surface area (Å²) < 4.78 is 40.5. The van der Waals surface area contributed by atoms with Crippen molar-refractivity contribution in [2.45, 2.75) is 18.7 Å². The molecular weight excluding hydrogens is 304 g/mol. The summed E-state index contributed by atoms with van der Waals surface area (Å²) >= 11 is 0. The first-order valence-electron chi connectivity index (χ1n) is 6.61. The van der Waals surface area contributed by atoms with E-state index in [-0.39, 0.29) is 10.6 Å². The van der Waals surface area contributed by atoms with E-state index >= 15 is 0 Å². The highest BCUT2D eigenvalue weighted by molar-refractivity contribution is 7.87. The molecule has 6 heteroatoms. The average Bonchev–Trinajstić information content (AvgIpc) is 2.48. The van der Waals surface area contributed by atoms with Crippen molar-refractivity contribution < 1.29 is 22.1 Å². The molecule has 2 aromatic rings. The van der Waals surface area contributed by atoms with Crippen molar-refractivity contribution in [3.05, 3.63) is 47.5 Å². The lowest BCUT2D eigenvalue weighted by Gasteiger charge is -2.15. The molecule has 0 saturated heterocycles. The first-order valence-corrected chi connectivity index (χ1v) is 8.02. The molecule has 0 atom stereocenters. The van der Waals surface area contributed by atoms with Gasteiger partial charge < -0.3 is 13.7 Å². The molecule has 0 fully saturated rings. The third-order valence-electron chi connectivity index (χ3n) is 3.11. The second-order valence-electron chi connectivity index (χ2n) is 4.85. The Labute approximate surface area is 130 Å². The minimum atomic E-state index is -3.97. The molecule has 0 heterocycles. The summed E-state index contributed by atoms with van der Waals surface area (Å²) in [6.07, 6.45) is 0. The van der Waals surface area contributed by atoms with Crippen LogP contribution in [0, 0.1) is 13.8 Å². The highest BCUT2D eigenvalue weighted by Crippen LogP contribution is 2.40. The van der Waals surface area contributed by atoms with E-state index < -0.39 is 10.1 Å². The quantitative estimate of drug-likeness (QED) is 0.792. The van der Waals surface area contributed by atoms with Gasteiger partial charge in [-0.2, -0.15) is 8.42 Å². The van der Waals surface area contributed by atoms with E-state index in [1.807, 2.05) is 13.8 Å². The normalized spacial score (nSPS) is 11.1. The van der Waals surface area contributed by atoms with Crippen LogP contribution >= 0.6 is 0 Å². The predicted octanol–water partition coefficient (Wildman–Crippen LogP) is 3.09. The van der Waals surface area contributed by atoms with Gasteiger partial charge >= 0.3 is 10.1 Å². The zero-order valence-electron chi connectivity index (χ0n) is 12.9. The van der Waals surface area contributed by atoms with Crippen LogP contribution in [0.5, 0.6) is 17.2 Å². The Morgan fingerprint density at radius 2 is 1.32 bits per heavy atom. The van der Waals surface area contributed by atoms with Gasteiger partial charge in [-0.05, 0) is 43.7 Å². The van der Waals surface area contributed by atoms with Crippen LogP contribution in [0.2, 0.25) is 0 Å². The van der Waals surface area contributed by atoms with E-state index in [0.717, 1.165) is 11.1 Å². The lowest BCUT2D eigenvalue weighted by Crippen LogP contribution is -2.11. The second kappa shape index (κ2) is 6.27. The molecular formula is C16H18O5S. The van der Waals surface area contributed by atoms with Crippen molar-refractivity contribution >= 4 is 10.1 Å². The van der Waals surface area contributed by atoms with Gasteiger partial charge in [0, 0.05) is 0 Å². The molecule has 5 nitrogen and oxygen atoms in total. The van der Waals surface area contributed by atoms with Gasteiger partial charge in [0.1, 0.15) is 4.90 Å². The first kappa shape index (κ1) is 16.2. The molecule has 0 amide bonds. The molecule has 22 heavy (non-hydrogen) atoms. The minimum Gasteiger partial charge on any atom is -0.493 e. The molecule has 0 aliphatic carbocycles. The van der Waals surface area contributed by atoms with Gasteiger partial charge in [0.15, 0.2) is 11.5 Å². The molecule has 0 saturated carbocycles. The van der Waals surface area contributed by atoms with Crippen LogP contribution in [0.4, 0.5) is 0 Å². The summed E-state index contributed by atoms with van der Waals surface area (Å²) in [6, 6.07) is 9.78. The van der Waals surface area contributed by atoms with Crippen LogP contribution in [0.3, 0.4) is 0 Å². The minimum absolute atomic E-state index is 0.0381. The van der Waals surface area contributed by atoms with Crippen molar-refractivity contribution in [3.8, 4) is 17.2 Å². The number of hydrogen-bond donors (Lipinski definition) is 0. The number of aryl methyl sites for hydroxylation is 2. The van der Waals surface area contributed by atoms with Gasteiger partial charge in [-0.3, -0.25) is 0 Å². The number of rotatable bonds is 5. The smallest absolute Gasteiger partial charge is 0.339 e. The largest absolute Gasteiger partial charge is 0.493 e. The lowest BCUT2D eigenvalue weighted by atomic mass is 10.2. The third kappa shape index (κ3) is 3.33. The maximum Gasteiger partial charge on any atom is 0.339 e. The fraction of sp³-hybridized carbons (Fsp3) is 0.250. The van der Waals surface area contributed by atoms with Crippen LogP contribution in [0.25, 0.3) is 0 Å². The maximum absolute atomic E-state index is 12.4. The van der Waals surface area contributed by atoms with Crippen LogP contribution in [0.1, 0.15) is 11.1 Å². The van der Waals surface area contributed by atoms with Crippen molar-refractivity contribution in [2.24, 2.45) is 0 Å². The Kier molecular flexibility index (Phi) is 4.61. The topological polar surface area (TPSA) is 61.8 Å². The van der Waals surface area contributed by atoms with Gasteiger partial charge in [-0.1, -0.05) is 17.7 Å². The first-order chi connectivity index (χ1) is 10.4. The molecule has 0 unspecified atom stereocenters. The average molecular weight is 322 g/mol. The highest BCUT2D eigenvalue weighted by atomic mass is 32.2. The van der Waals surface area contributed by atoms with Gasteiger partial charge in [-0.15, -0.1) is 0 Å². The Balaban J connectivity index is 2.47. The van der Waals surface area contributed by atoms with Crippen molar-refractivity contribution in [1.82, 2.24) is 0 Å². The summed E-state index contributed by atoms with van der Waals surface area (Å²) in [5, 5.41) is 0. The summed E-state index contributed by atoms with van der Waals surface area (Å²) in [7, 11) is -1.08. The molecule has 0 aliphatic rings. The molecule has 0 bridgehead atoms. The third-order valence-corrected chi connectivity index (χ3v) is 4.34. The van der Waals surface area contributed by atoms with E-state index in [1.54, 1.807) is 24.3 Å². The van der Waals surface area contributed by atoms with E-state index in [1.165, 1.54) is 26.4 Å². The van der Waals surface area contributed by atoms with Crippen LogP contribution in [-0.4, -0.2) is 22.6 Å². The standard InChI is InChI=1S/C16H18O5S/c1-11-5-7-13(8-6-11)22(17,18)21-16-14(19-3)9-12(2)10-15(16)20-4/h5-10H,1-4H3. The summed E-state index contributed by atoms with van der Waals surface area (Å²) in [6.45, 7) is 3.73. The molecule has 2 rings (SSSR count). The Hall–Kier alpha value is -2.21. The summed E-state index contributed by atoms with van der Waals surface area (Å²) in [4.78, 5) is 0.0720. The SMILES string of the molecule is COc1cc(C)cc(OC)c1OS(=O)(=O)c1ccc(C)cc1. The number of hydrogen-bond acceptors (Lipinski definition) is 5. The molecule has 0 aromatic heterocycles. The maximum atomic E-state index is 12.4. The molecule has 2 aromatic carbocycles. The van der Waals surface area contributed by atoms with Gasteiger partial charge in [-0.25, -0.2) is 0 Å². The predicted molar refractivity (Wildman–Crippen MR) is 83.3 cm³/mol. The molecule has 0 spiro atoms. The fourth-order valence-electron chi connectivity index (χ4n) is 1.96. The molecule has 118 valence electrons. The summed E-state index contributed by atoms with van der Waals surface area (Å²) in [5.74, 6) is 0.635. The molecule has 0 radical (unpaired) electrons. The Bertz CT molecular complexity index is 739. The zero-order valence-corrected chi connectivity index (χ0v) is 13.7. The molecule has 0 N–H and O–H groups in total. The lowest BCUT2D eigenvalue weighted by molar-refractivity contribution is 0.360. The van der Waals surface area contributed by atoms with Crippen LogP contribution in [-0.2, 0) is 10.1 Å². The van der Waals surface area contributed by atoms with Crippen LogP contribution < -0.4 is 13.7 Å². The number of ether oxygens (including phenoxy) is 2. The zero-order chi connectivity index (χ0) is 16.3. The van der Waals surface area contributed by atoms with Crippen molar-refractivity contribution in [3.63, 3.8) is 0 Å². The molecule has 0 aliphatic heterocycles. The number of benzene rings is 2. The van der Waals surface area contributed by atoms with Gasteiger partial charge in [0.2, 0.25) is 5.75 Å². The fourth-order valence-corrected chi connectivity index (χ4v) is 2.91.